The van der Waals surface area contributed by atoms with Gasteiger partial charge in [-0.2, -0.15) is 0 Å². The highest BCUT2D eigenvalue weighted by atomic mass is 19.1. The minimum Gasteiger partial charge on any atom is -0.300 e. The Morgan fingerprint density at radius 1 is 0.880 bits per heavy atom. The molecule has 0 aromatic heterocycles. The Morgan fingerprint density at radius 2 is 1.56 bits per heavy atom. The van der Waals surface area contributed by atoms with Crippen molar-refractivity contribution in [2.45, 2.75) is 44.2 Å². The second kappa shape index (κ2) is 7.29. The summed E-state index contributed by atoms with van der Waals surface area (Å²) in [6.07, 6.45) is 7.01. The summed E-state index contributed by atoms with van der Waals surface area (Å²) in [6, 6.07) is 18.5. The second-order valence-electron chi connectivity index (χ2n) is 7.90. The number of likely N-dealkylation sites (tertiary alicyclic amines) is 1. The van der Waals surface area contributed by atoms with Crippen LogP contribution in [0.15, 0.2) is 54.6 Å². The van der Waals surface area contributed by atoms with Crippen molar-refractivity contribution in [3.05, 3.63) is 60.2 Å². The van der Waals surface area contributed by atoms with Crippen LogP contribution in [0.2, 0.25) is 0 Å². The van der Waals surface area contributed by atoms with Crippen LogP contribution >= 0.6 is 0 Å². The number of nitrogens with zero attached hydrogens (tertiary/aromatic N) is 1. The van der Waals surface area contributed by atoms with Crippen molar-refractivity contribution in [1.82, 2.24) is 4.90 Å². The summed E-state index contributed by atoms with van der Waals surface area (Å²) in [6.45, 7) is 2.71. The molecule has 1 aliphatic carbocycles. The Hall–Kier alpha value is -1.67. The van der Waals surface area contributed by atoms with Gasteiger partial charge in [0, 0.05) is 13.1 Å². The van der Waals surface area contributed by atoms with Gasteiger partial charge in [-0.05, 0) is 54.8 Å². The molecule has 4 rings (SSSR count). The van der Waals surface area contributed by atoms with Crippen molar-refractivity contribution in [3.8, 4) is 11.1 Å². The number of rotatable bonds is 4. The molecule has 2 fully saturated rings. The van der Waals surface area contributed by atoms with Crippen molar-refractivity contribution >= 4 is 0 Å². The average Bonchev–Trinajstić information content (AvgIpc) is 3.16. The molecule has 1 nitrogen and oxygen atoms in total. The molecule has 0 bridgehead atoms. The van der Waals surface area contributed by atoms with Crippen LogP contribution < -0.4 is 0 Å². The summed E-state index contributed by atoms with van der Waals surface area (Å²) in [5.74, 6) is 0.794. The molecule has 0 N–H and O–H groups in total. The molecule has 1 saturated heterocycles. The molecular weight excluding hydrogens is 309 g/mol. The van der Waals surface area contributed by atoms with E-state index < -0.39 is 5.67 Å². The number of halogens is 1. The van der Waals surface area contributed by atoms with E-state index in [1.165, 1.54) is 31.2 Å². The molecule has 2 aromatic rings. The first-order valence-electron chi connectivity index (χ1n) is 9.80. The third kappa shape index (κ3) is 3.79. The predicted octanol–water partition coefficient (Wildman–Crippen LogP) is 5.80. The minimum absolute atomic E-state index is 0.564. The number of benzene rings is 2. The Morgan fingerprint density at radius 3 is 2.28 bits per heavy atom. The third-order valence-corrected chi connectivity index (χ3v) is 6.02. The Labute approximate surface area is 150 Å². The van der Waals surface area contributed by atoms with Gasteiger partial charge < -0.3 is 0 Å². The molecule has 1 aliphatic heterocycles. The highest BCUT2D eigenvalue weighted by molar-refractivity contribution is 5.63. The molecule has 0 radical (unpaired) electrons. The molecule has 1 atom stereocenters. The van der Waals surface area contributed by atoms with Crippen LogP contribution in [0.1, 0.15) is 44.1 Å². The zero-order valence-corrected chi connectivity index (χ0v) is 15.0. The van der Waals surface area contributed by atoms with Gasteiger partial charge in [0.05, 0.1) is 0 Å². The van der Waals surface area contributed by atoms with E-state index in [4.69, 9.17) is 0 Å². The summed E-state index contributed by atoms with van der Waals surface area (Å²) in [4.78, 5) is 2.38. The topological polar surface area (TPSA) is 3.24 Å². The van der Waals surface area contributed by atoms with Gasteiger partial charge in [-0.25, -0.2) is 4.39 Å². The van der Waals surface area contributed by atoms with E-state index in [0.29, 0.717) is 13.0 Å². The zero-order chi connectivity index (χ0) is 17.1. The van der Waals surface area contributed by atoms with Crippen molar-refractivity contribution in [2.75, 3.05) is 19.6 Å². The van der Waals surface area contributed by atoms with Gasteiger partial charge >= 0.3 is 0 Å². The molecular formula is C23H28FN. The molecule has 2 aliphatic rings. The van der Waals surface area contributed by atoms with Crippen LogP contribution in [0.25, 0.3) is 11.1 Å². The third-order valence-electron chi connectivity index (χ3n) is 6.02. The van der Waals surface area contributed by atoms with E-state index in [0.717, 1.165) is 36.6 Å². The van der Waals surface area contributed by atoms with E-state index in [2.05, 4.69) is 29.2 Å². The average molecular weight is 337 g/mol. The van der Waals surface area contributed by atoms with E-state index in [1.54, 1.807) is 0 Å². The zero-order valence-electron chi connectivity index (χ0n) is 15.0. The van der Waals surface area contributed by atoms with Gasteiger partial charge in [0.1, 0.15) is 5.67 Å². The lowest BCUT2D eigenvalue weighted by atomic mass is 9.86. The van der Waals surface area contributed by atoms with Crippen LogP contribution in [0.4, 0.5) is 4.39 Å². The molecule has 2 heteroatoms. The molecule has 0 unspecified atom stereocenters. The monoisotopic (exact) mass is 337 g/mol. The van der Waals surface area contributed by atoms with Gasteiger partial charge in [-0.15, -0.1) is 0 Å². The van der Waals surface area contributed by atoms with E-state index >= 15 is 4.39 Å². The SMILES string of the molecule is F[C@]1(c2ccc(-c3ccccc3)cc2)CCCN(CC2CCCC2)C1. The highest BCUT2D eigenvalue weighted by Crippen LogP contribution is 2.37. The molecule has 2 aromatic carbocycles. The molecule has 0 amide bonds. The van der Waals surface area contributed by atoms with E-state index in [9.17, 15) is 0 Å². The maximum atomic E-state index is 15.7. The number of piperidine rings is 1. The highest BCUT2D eigenvalue weighted by Gasteiger charge is 2.37. The fourth-order valence-corrected chi connectivity index (χ4v) is 4.64. The van der Waals surface area contributed by atoms with Crippen LogP contribution in [0.5, 0.6) is 0 Å². The lowest BCUT2D eigenvalue weighted by molar-refractivity contribution is 0.0349. The summed E-state index contributed by atoms with van der Waals surface area (Å²) < 4.78 is 15.7. The maximum absolute atomic E-state index is 15.7. The first-order chi connectivity index (χ1) is 12.2. The standard InChI is InChI=1S/C23H28FN/c24-23(15-6-16-25(18-23)17-19-7-4-5-8-19)22-13-11-21(12-14-22)20-9-2-1-3-10-20/h1-3,9-14,19H,4-8,15-18H2/t23-/m1/s1. The lowest BCUT2D eigenvalue weighted by Crippen LogP contribution is -2.45. The Bertz CT molecular complexity index is 675. The molecule has 132 valence electrons. The maximum Gasteiger partial charge on any atom is 0.148 e. The van der Waals surface area contributed by atoms with Gasteiger partial charge in [0.25, 0.3) is 0 Å². The summed E-state index contributed by atoms with van der Waals surface area (Å²) >= 11 is 0. The van der Waals surface area contributed by atoms with Gasteiger partial charge in [-0.3, -0.25) is 4.90 Å². The number of hydrogen-bond acceptors (Lipinski definition) is 1. The molecule has 25 heavy (non-hydrogen) atoms. The van der Waals surface area contributed by atoms with Crippen molar-refractivity contribution in [1.29, 1.82) is 0 Å². The van der Waals surface area contributed by atoms with E-state index in [1.807, 2.05) is 30.3 Å². The van der Waals surface area contributed by atoms with Gasteiger partial charge in [0.2, 0.25) is 0 Å². The number of hydrogen-bond donors (Lipinski definition) is 0. The molecule has 1 heterocycles. The smallest absolute Gasteiger partial charge is 0.148 e. The summed E-state index contributed by atoms with van der Waals surface area (Å²) in [7, 11) is 0. The Kier molecular flexibility index (Phi) is 4.89. The van der Waals surface area contributed by atoms with Crippen LogP contribution in [-0.2, 0) is 5.67 Å². The van der Waals surface area contributed by atoms with Gasteiger partial charge in [0.15, 0.2) is 0 Å². The van der Waals surface area contributed by atoms with Crippen LogP contribution in [0, 0.1) is 5.92 Å². The van der Waals surface area contributed by atoms with Crippen LogP contribution in [-0.4, -0.2) is 24.5 Å². The lowest BCUT2D eigenvalue weighted by Gasteiger charge is -2.39. The minimum atomic E-state index is -1.19. The fraction of sp³-hybridized carbons (Fsp3) is 0.478. The molecule has 1 saturated carbocycles. The molecule has 0 spiro atoms. The van der Waals surface area contributed by atoms with Crippen LogP contribution in [0.3, 0.4) is 0 Å². The quantitative estimate of drug-likeness (QED) is 0.681. The second-order valence-corrected chi connectivity index (χ2v) is 7.90. The first kappa shape index (κ1) is 16.8. The largest absolute Gasteiger partial charge is 0.300 e. The van der Waals surface area contributed by atoms with Crippen molar-refractivity contribution < 1.29 is 4.39 Å². The van der Waals surface area contributed by atoms with E-state index in [-0.39, 0.29) is 0 Å². The Balaban J connectivity index is 1.47. The summed E-state index contributed by atoms with van der Waals surface area (Å²) in [5.41, 5.74) is 2.01. The number of alkyl halides is 1. The fourth-order valence-electron chi connectivity index (χ4n) is 4.64. The normalized spacial score (nSPS) is 25.3. The predicted molar refractivity (Wildman–Crippen MR) is 102 cm³/mol. The van der Waals surface area contributed by atoms with Gasteiger partial charge in [-0.1, -0.05) is 67.4 Å². The van der Waals surface area contributed by atoms with Crippen molar-refractivity contribution in [3.63, 3.8) is 0 Å². The first-order valence-corrected chi connectivity index (χ1v) is 9.80. The van der Waals surface area contributed by atoms with Crippen molar-refractivity contribution in [2.24, 2.45) is 5.92 Å². The summed E-state index contributed by atoms with van der Waals surface area (Å²) in [5, 5.41) is 0.